The molecule has 1 heterocycles. The van der Waals surface area contributed by atoms with Crippen molar-refractivity contribution in [3.05, 3.63) is 118 Å². The van der Waals surface area contributed by atoms with Gasteiger partial charge in [0, 0.05) is 5.56 Å². The quantitative estimate of drug-likeness (QED) is 0.279. The molecule has 0 fully saturated rings. The Hall–Kier alpha value is -4.16. The van der Waals surface area contributed by atoms with E-state index in [0.717, 1.165) is 11.1 Å². The minimum atomic E-state index is -1.12. The van der Waals surface area contributed by atoms with Crippen LogP contribution in [0.5, 0.6) is 0 Å². The summed E-state index contributed by atoms with van der Waals surface area (Å²) in [7, 11) is 0. The topological polar surface area (TPSA) is 91.9 Å². The second-order valence-corrected chi connectivity index (χ2v) is 7.60. The lowest BCUT2D eigenvalue weighted by Gasteiger charge is -2.16. The molecule has 0 saturated heterocycles. The van der Waals surface area contributed by atoms with Crippen molar-refractivity contribution in [1.82, 2.24) is 5.43 Å². The highest BCUT2D eigenvalue weighted by Crippen LogP contribution is 2.27. The van der Waals surface area contributed by atoms with Crippen LogP contribution in [0.25, 0.3) is 11.3 Å². The molecular weight excluding hydrogens is 440 g/mol. The summed E-state index contributed by atoms with van der Waals surface area (Å²) >= 11 is 5.92. The van der Waals surface area contributed by atoms with E-state index in [2.05, 4.69) is 10.5 Å². The number of nitrogens with zero attached hydrogens (tertiary/aromatic N) is 1. The van der Waals surface area contributed by atoms with E-state index in [1.165, 1.54) is 18.3 Å². The van der Waals surface area contributed by atoms with E-state index < -0.39 is 11.9 Å². The molecule has 6 nitrogen and oxygen atoms in total. The number of rotatable bonds is 7. The SMILES string of the molecule is O=C(O)c1cc(-c2ccc(/C=N\NC(=O)C(c3ccccc3)c3ccccc3)o2)ccc1Cl. The maximum absolute atomic E-state index is 13.0. The fourth-order valence-corrected chi connectivity index (χ4v) is 3.63. The fraction of sp³-hybridized carbons (Fsp3) is 0.0385. The van der Waals surface area contributed by atoms with Crippen molar-refractivity contribution in [3.63, 3.8) is 0 Å². The molecule has 0 spiro atoms. The summed E-state index contributed by atoms with van der Waals surface area (Å²) < 4.78 is 5.72. The van der Waals surface area contributed by atoms with Crippen molar-refractivity contribution in [2.24, 2.45) is 5.10 Å². The number of hydrogen-bond donors (Lipinski definition) is 2. The Bertz CT molecular complexity index is 1260. The summed E-state index contributed by atoms with van der Waals surface area (Å²) in [5.74, 6) is -1.06. The molecule has 3 aromatic carbocycles. The van der Waals surface area contributed by atoms with Crippen LogP contribution in [0.15, 0.2) is 101 Å². The first kappa shape index (κ1) is 22.0. The van der Waals surface area contributed by atoms with Gasteiger partial charge in [-0.25, -0.2) is 10.2 Å². The van der Waals surface area contributed by atoms with Gasteiger partial charge < -0.3 is 9.52 Å². The summed E-state index contributed by atoms with van der Waals surface area (Å²) in [5.41, 5.74) is 4.85. The standard InChI is InChI=1S/C26H19ClN2O4/c27-22-13-11-19(15-21(22)26(31)32)23-14-12-20(33-23)16-28-29-25(30)24(17-7-3-1-4-8-17)18-9-5-2-6-10-18/h1-16,24H,(H,29,30)(H,31,32)/b28-16-. The first-order valence-electron chi connectivity index (χ1n) is 10.1. The third-order valence-corrected chi connectivity index (χ3v) is 5.33. The maximum atomic E-state index is 13.0. The van der Waals surface area contributed by atoms with Crippen LogP contribution in [0.1, 0.15) is 33.2 Å². The van der Waals surface area contributed by atoms with Gasteiger partial charge in [-0.05, 0) is 41.5 Å². The minimum Gasteiger partial charge on any atom is -0.478 e. The molecule has 0 aliphatic rings. The highest BCUT2D eigenvalue weighted by atomic mass is 35.5. The lowest BCUT2D eigenvalue weighted by Crippen LogP contribution is -2.26. The van der Waals surface area contributed by atoms with E-state index in [-0.39, 0.29) is 16.5 Å². The summed E-state index contributed by atoms with van der Waals surface area (Å²) in [6.45, 7) is 0. The number of furan rings is 1. The number of carboxylic acids is 1. The Labute approximate surface area is 195 Å². The molecule has 1 aromatic heterocycles. The number of hydrazone groups is 1. The molecule has 1 amide bonds. The zero-order valence-electron chi connectivity index (χ0n) is 17.3. The predicted octanol–water partition coefficient (Wildman–Crippen LogP) is 5.58. The molecular formula is C26H19ClN2O4. The van der Waals surface area contributed by atoms with Gasteiger partial charge in [-0.15, -0.1) is 0 Å². The van der Waals surface area contributed by atoms with Crippen molar-refractivity contribution >= 4 is 29.7 Å². The third-order valence-electron chi connectivity index (χ3n) is 5.00. The van der Waals surface area contributed by atoms with Gasteiger partial charge in [-0.2, -0.15) is 5.10 Å². The van der Waals surface area contributed by atoms with E-state index in [1.54, 1.807) is 18.2 Å². The number of amides is 1. The number of nitrogens with one attached hydrogen (secondary N) is 1. The summed E-state index contributed by atoms with van der Waals surface area (Å²) in [5, 5.41) is 13.4. The molecule has 33 heavy (non-hydrogen) atoms. The molecule has 0 bridgehead atoms. The Morgan fingerprint density at radius 1 is 0.909 bits per heavy atom. The van der Waals surface area contributed by atoms with Gasteiger partial charge in [-0.3, -0.25) is 4.79 Å². The number of halogens is 1. The number of aromatic carboxylic acids is 1. The first-order valence-corrected chi connectivity index (χ1v) is 10.5. The van der Waals surface area contributed by atoms with Gasteiger partial charge >= 0.3 is 5.97 Å². The van der Waals surface area contributed by atoms with E-state index in [1.807, 2.05) is 60.7 Å². The van der Waals surface area contributed by atoms with Crippen LogP contribution in [0.2, 0.25) is 5.02 Å². The number of benzene rings is 3. The molecule has 0 unspecified atom stereocenters. The summed E-state index contributed by atoms with van der Waals surface area (Å²) in [6.07, 6.45) is 1.39. The fourth-order valence-electron chi connectivity index (χ4n) is 3.43. The van der Waals surface area contributed by atoms with Crippen molar-refractivity contribution in [1.29, 1.82) is 0 Å². The second kappa shape index (κ2) is 9.97. The Kier molecular flexibility index (Phi) is 6.66. The van der Waals surface area contributed by atoms with Crippen molar-refractivity contribution in [3.8, 4) is 11.3 Å². The van der Waals surface area contributed by atoms with Crippen LogP contribution in [0, 0.1) is 0 Å². The highest BCUT2D eigenvalue weighted by Gasteiger charge is 2.22. The van der Waals surface area contributed by atoms with Crippen LogP contribution >= 0.6 is 11.6 Å². The number of carboxylic acid groups (broad SMARTS) is 1. The van der Waals surface area contributed by atoms with Crippen LogP contribution in [-0.4, -0.2) is 23.2 Å². The lowest BCUT2D eigenvalue weighted by molar-refractivity contribution is -0.121. The number of hydrogen-bond acceptors (Lipinski definition) is 4. The van der Waals surface area contributed by atoms with Crippen LogP contribution in [-0.2, 0) is 4.79 Å². The maximum Gasteiger partial charge on any atom is 0.337 e. The lowest BCUT2D eigenvalue weighted by atomic mass is 9.91. The average molecular weight is 459 g/mol. The molecule has 0 aliphatic heterocycles. The van der Waals surface area contributed by atoms with E-state index in [0.29, 0.717) is 17.1 Å². The Balaban J connectivity index is 1.50. The molecule has 0 radical (unpaired) electrons. The van der Waals surface area contributed by atoms with Crippen LogP contribution < -0.4 is 5.43 Å². The third kappa shape index (κ3) is 5.19. The molecule has 0 saturated carbocycles. The van der Waals surface area contributed by atoms with E-state index >= 15 is 0 Å². The highest BCUT2D eigenvalue weighted by molar-refractivity contribution is 6.33. The van der Waals surface area contributed by atoms with E-state index in [4.69, 9.17) is 16.0 Å². The molecule has 4 aromatic rings. The summed E-state index contributed by atoms with van der Waals surface area (Å²) in [4.78, 5) is 24.3. The van der Waals surface area contributed by atoms with Gasteiger partial charge in [0.15, 0.2) is 0 Å². The minimum absolute atomic E-state index is 0.0130. The predicted molar refractivity (Wildman–Crippen MR) is 127 cm³/mol. The van der Waals surface area contributed by atoms with Crippen molar-refractivity contribution < 1.29 is 19.1 Å². The van der Waals surface area contributed by atoms with Crippen LogP contribution in [0.4, 0.5) is 0 Å². The molecule has 4 rings (SSSR count). The van der Waals surface area contributed by atoms with Gasteiger partial charge in [0.1, 0.15) is 11.5 Å². The molecule has 0 aliphatic carbocycles. The van der Waals surface area contributed by atoms with E-state index in [9.17, 15) is 14.7 Å². The van der Waals surface area contributed by atoms with Crippen molar-refractivity contribution in [2.45, 2.75) is 5.92 Å². The Morgan fingerprint density at radius 3 is 2.15 bits per heavy atom. The molecule has 7 heteroatoms. The zero-order valence-corrected chi connectivity index (χ0v) is 18.1. The first-order chi connectivity index (χ1) is 16.0. The Morgan fingerprint density at radius 2 is 1.55 bits per heavy atom. The molecule has 0 atom stereocenters. The van der Waals surface area contributed by atoms with Crippen molar-refractivity contribution in [2.75, 3.05) is 0 Å². The molecule has 2 N–H and O–H groups in total. The average Bonchev–Trinajstić information content (AvgIpc) is 3.30. The van der Waals surface area contributed by atoms with Gasteiger partial charge in [-0.1, -0.05) is 72.3 Å². The smallest absolute Gasteiger partial charge is 0.337 e. The number of carbonyl (C=O) groups is 2. The number of carbonyl (C=O) groups excluding carboxylic acids is 1. The largest absolute Gasteiger partial charge is 0.478 e. The monoisotopic (exact) mass is 458 g/mol. The second-order valence-electron chi connectivity index (χ2n) is 7.19. The zero-order chi connectivity index (χ0) is 23.2. The normalized spacial score (nSPS) is 11.1. The van der Waals surface area contributed by atoms with Gasteiger partial charge in [0.2, 0.25) is 0 Å². The van der Waals surface area contributed by atoms with Gasteiger partial charge in [0.05, 0.1) is 22.7 Å². The van der Waals surface area contributed by atoms with Gasteiger partial charge in [0.25, 0.3) is 5.91 Å². The van der Waals surface area contributed by atoms with Crippen LogP contribution in [0.3, 0.4) is 0 Å². The summed E-state index contributed by atoms with van der Waals surface area (Å²) in [6, 6.07) is 26.9. The molecule has 164 valence electrons.